The molecule has 2 aromatic heterocycles. The Hall–Kier alpha value is -2.83. The molecule has 1 unspecified atom stereocenters. The molecule has 3 aromatic rings. The fourth-order valence-corrected chi connectivity index (χ4v) is 3.90. The summed E-state index contributed by atoms with van der Waals surface area (Å²) in [7, 11) is 1.64. The van der Waals surface area contributed by atoms with Crippen molar-refractivity contribution in [1.82, 2.24) is 18.9 Å². The number of hydrogen-bond donors (Lipinski definition) is 1. The number of benzene rings is 1. The Morgan fingerprint density at radius 3 is 2.92 bits per heavy atom. The lowest BCUT2D eigenvalue weighted by Crippen LogP contribution is -2.35. The summed E-state index contributed by atoms with van der Waals surface area (Å²) >= 11 is 0. The van der Waals surface area contributed by atoms with Crippen LogP contribution in [0.3, 0.4) is 0 Å². The van der Waals surface area contributed by atoms with Gasteiger partial charge in [-0.05, 0) is 44.5 Å². The number of carbonyl (C=O) groups excluding carboxylic acids is 1. The summed E-state index contributed by atoms with van der Waals surface area (Å²) in [5.41, 5.74) is 3.02. The number of aromatic nitrogens is 4. The van der Waals surface area contributed by atoms with Crippen LogP contribution in [0.2, 0.25) is 0 Å². The number of nitrogens with zero attached hydrogens (tertiary/aromatic N) is 4. The Balaban J connectivity index is 1.54. The van der Waals surface area contributed by atoms with E-state index in [1.165, 1.54) is 15.9 Å². The van der Waals surface area contributed by atoms with Crippen LogP contribution in [0.15, 0.2) is 29.1 Å². The molecule has 1 atom stereocenters. The van der Waals surface area contributed by atoms with Gasteiger partial charge in [0.05, 0.1) is 5.92 Å². The van der Waals surface area contributed by atoms with E-state index in [1.54, 1.807) is 11.6 Å². The highest BCUT2D eigenvalue weighted by Gasteiger charge is 2.27. The van der Waals surface area contributed by atoms with Gasteiger partial charge in [0.25, 0.3) is 0 Å². The van der Waals surface area contributed by atoms with Crippen LogP contribution in [-0.4, -0.2) is 24.8 Å². The topological polar surface area (TPSA) is 73.8 Å². The molecule has 1 N–H and O–H groups in total. The zero-order valence-electron chi connectivity index (χ0n) is 15.3. The average Bonchev–Trinajstić information content (AvgIpc) is 3.09. The first kappa shape index (κ1) is 16.6. The van der Waals surface area contributed by atoms with Crippen LogP contribution >= 0.6 is 0 Å². The molecule has 136 valence electrons. The molecule has 0 fully saturated rings. The summed E-state index contributed by atoms with van der Waals surface area (Å²) in [4.78, 5) is 24.8. The third-order valence-corrected chi connectivity index (χ3v) is 5.27. The minimum atomic E-state index is -0.220. The van der Waals surface area contributed by atoms with Gasteiger partial charge in [-0.25, -0.2) is 9.48 Å². The molecule has 1 amide bonds. The van der Waals surface area contributed by atoms with Gasteiger partial charge in [-0.1, -0.05) is 0 Å². The molecule has 1 aliphatic heterocycles. The number of fused-ring (bicyclic) bond motifs is 2. The fraction of sp³-hybridized carbons (Fsp3) is 0.421. The van der Waals surface area contributed by atoms with E-state index in [2.05, 4.69) is 34.9 Å². The van der Waals surface area contributed by atoms with E-state index in [9.17, 15) is 9.59 Å². The van der Waals surface area contributed by atoms with E-state index in [0.29, 0.717) is 19.4 Å². The standard InChI is InChI=1S/C19H23N5O2/c1-4-23-12(2)9-14-10-15(6-7-16(14)23)20-18(25)13-5-8-17-21-22(3)19(26)24(17)11-13/h6-7,9-10,13H,4-5,8,11H2,1-3H3,(H,20,25). The van der Waals surface area contributed by atoms with Gasteiger partial charge in [-0.15, -0.1) is 0 Å². The van der Waals surface area contributed by atoms with Gasteiger partial charge in [0, 0.05) is 48.8 Å². The zero-order chi connectivity index (χ0) is 18.4. The lowest BCUT2D eigenvalue weighted by molar-refractivity contribution is -0.120. The molecule has 1 aromatic carbocycles. The van der Waals surface area contributed by atoms with Crippen molar-refractivity contribution in [1.29, 1.82) is 0 Å². The summed E-state index contributed by atoms with van der Waals surface area (Å²) in [6, 6.07) is 8.13. The molecular formula is C19H23N5O2. The molecule has 7 nitrogen and oxygen atoms in total. The van der Waals surface area contributed by atoms with Crippen LogP contribution in [0.1, 0.15) is 24.9 Å². The molecule has 0 saturated carbocycles. The summed E-state index contributed by atoms with van der Waals surface area (Å²) in [6.45, 7) is 5.53. The van der Waals surface area contributed by atoms with Crippen LogP contribution in [0.5, 0.6) is 0 Å². The summed E-state index contributed by atoms with van der Waals surface area (Å²) in [5, 5.41) is 8.35. The minimum absolute atomic E-state index is 0.0441. The van der Waals surface area contributed by atoms with Gasteiger partial charge in [0.2, 0.25) is 5.91 Å². The second-order valence-corrected chi connectivity index (χ2v) is 6.96. The highest BCUT2D eigenvalue weighted by Crippen LogP contribution is 2.25. The van der Waals surface area contributed by atoms with Gasteiger partial charge in [-0.2, -0.15) is 5.10 Å². The Morgan fingerprint density at radius 2 is 2.15 bits per heavy atom. The zero-order valence-corrected chi connectivity index (χ0v) is 15.3. The fourth-order valence-electron chi connectivity index (χ4n) is 3.90. The van der Waals surface area contributed by atoms with E-state index in [-0.39, 0.29) is 17.5 Å². The van der Waals surface area contributed by atoms with Gasteiger partial charge in [0.15, 0.2) is 0 Å². The van der Waals surface area contributed by atoms with Crippen molar-refractivity contribution in [2.24, 2.45) is 13.0 Å². The maximum atomic E-state index is 12.7. The lowest BCUT2D eigenvalue weighted by atomic mass is 9.98. The normalized spacial score (nSPS) is 16.7. The number of amides is 1. The van der Waals surface area contributed by atoms with Crippen molar-refractivity contribution in [3.63, 3.8) is 0 Å². The minimum Gasteiger partial charge on any atom is -0.345 e. The van der Waals surface area contributed by atoms with Gasteiger partial charge in [-0.3, -0.25) is 9.36 Å². The molecule has 0 saturated heterocycles. The van der Waals surface area contributed by atoms with Crippen LogP contribution in [0.25, 0.3) is 10.9 Å². The quantitative estimate of drug-likeness (QED) is 0.783. The lowest BCUT2D eigenvalue weighted by Gasteiger charge is -2.21. The second-order valence-electron chi connectivity index (χ2n) is 6.96. The Bertz CT molecular complexity index is 1060. The van der Waals surface area contributed by atoms with Crippen molar-refractivity contribution >= 4 is 22.5 Å². The van der Waals surface area contributed by atoms with Crippen molar-refractivity contribution in [2.75, 3.05) is 5.32 Å². The van der Waals surface area contributed by atoms with E-state index in [0.717, 1.165) is 23.4 Å². The van der Waals surface area contributed by atoms with Crippen LogP contribution in [0, 0.1) is 12.8 Å². The Labute approximate surface area is 151 Å². The highest BCUT2D eigenvalue weighted by atomic mass is 16.2. The summed E-state index contributed by atoms with van der Waals surface area (Å²) in [5.74, 6) is 0.499. The van der Waals surface area contributed by atoms with Crippen LogP contribution < -0.4 is 11.0 Å². The van der Waals surface area contributed by atoms with E-state index in [1.807, 2.05) is 18.2 Å². The SMILES string of the molecule is CCn1c(C)cc2cc(NC(=O)C3CCc4nn(C)c(=O)n4C3)ccc21. The van der Waals surface area contributed by atoms with E-state index >= 15 is 0 Å². The van der Waals surface area contributed by atoms with Crippen molar-refractivity contribution in [3.8, 4) is 0 Å². The largest absolute Gasteiger partial charge is 0.345 e. The Morgan fingerprint density at radius 1 is 1.35 bits per heavy atom. The third-order valence-electron chi connectivity index (χ3n) is 5.27. The Kier molecular flexibility index (Phi) is 3.94. The van der Waals surface area contributed by atoms with Gasteiger partial charge < -0.3 is 9.88 Å². The maximum Gasteiger partial charge on any atom is 0.345 e. The molecule has 0 bridgehead atoms. The number of rotatable bonds is 3. The summed E-state index contributed by atoms with van der Waals surface area (Å²) < 4.78 is 5.20. The molecule has 3 heterocycles. The first-order chi connectivity index (χ1) is 12.5. The molecule has 0 radical (unpaired) electrons. The average molecular weight is 353 g/mol. The number of aryl methyl sites for hydroxylation is 4. The van der Waals surface area contributed by atoms with Crippen LogP contribution in [-0.2, 0) is 31.4 Å². The summed E-state index contributed by atoms with van der Waals surface area (Å²) in [6.07, 6.45) is 1.35. The van der Waals surface area contributed by atoms with Crippen LogP contribution in [0.4, 0.5) is 5.69 Å². The maximum absolute atomic E-state index is 12.7. The molecule has 1 aliphatic rings. The van der Waals surface area contributed by atoms with E-state index in [4.69, 9.17) is 0 Å². The first-order valence-corrected chi connectivity index (χ1v) is 9.01. The number of hydrogen-bond acceptors (Lipinski definition) is 3. The first-order valence-electron chi connectivity index (χ1n) is 9.01. The molecule has 4 rings (SSSR count). The third kappa shape index (κ3) is 2.64. The number of anilines is 1. The molecule has 26 heavy (non-hydrogen) atoms. The predicted octanol–water partition coefficient (Wildman–Crippen LogP) is 2.07. The predicted molar refractivity (Wildman–Crippen MR) is 100 cm³/mol. The monoisotopic (exact) mass is 353 g/mol. The number of carbonyl (C=O) groups is 1. The van der Waals surface area contributed by atoms with Crippen molar-refractivity contribution < 1.29 is 4.79 Å². The smallest absolute Gasteiger partial charge is 0.345 e. The van der Waals surface area contributed by atoms with Gasteiger partial charge in [0.1, 0.15) is 5.82 Å². The molecule has 0 aliphatic carbocycles. The second kappa shape index (κ2) is 6.16. The van der Waals surface area contributed by atoms with Crippen molar-refractivity contribution in [2.45, 2.75) is 39.8 Å². The van der Waals surface area contributed by atoms with Crippen molar-refractivity contribution in [3.05, 3.63) is 46.3 Å². The molecular weight excluding hydrogens is 330 g/mol. The molecule has 7 heteroatoms. The molecule has 0 spiro atoms. The highest BCUT2D eigenvalue weighted by molar-refractivity contribution is 5.95. The van der Waals surface area contributed by atoms with E-state index < -0.39 is 0 Å². The number of nitrogens with one attached hydrogen (secondary N) is 1. The van der Waals surface area contributed by atoms with Gasteiger partial charge >= 0.3 is 5.69 Å².